The summed E-state index contributed by atoms with van der Waals surface area (Å²) in [5.41, 5.74) is 1.66. The number of sulfonamides is 1. The summed E-state index contributed by atoms with van der Waals surface area (Å²) in [6.07, 6.45) is 2.03. The van der Waals surface area contributed by atoms with Gasteiger partial charge in [0.2, 0.25) is 11.8 Å². The molecule has 10 heteroatoms. The second kappa shape index (κ2) is 14.5. The first kappa shape index (κ1) is 31.5. The summed E-state index contributed by atoms with van der Waals surface area (Å²) in [6, 6.07) is 19.0. The molecule has 40 heavy (non-hydrogen) atoms. The van der Waals surface area contributed by atoms with Crippen LogP contribution in [0.1, 0.15) is 44.2 Å². The molecule has 0 radical (unpaired) electrons. The van der Waals surface area contributed by atoms with Crippen LogP contribution in [0.4, 0.5) is 5.69 Å². The van der Waals surface area contributed by atoms with E-state index in [0.717, 1.165) is 17.1 Å². The molecular weight excluding hydrogens is 569 g/mol. The average Bonchev–Trinajstić information content (AvgIpc) is 2.93. The van der Waals surface area contributed by atoms with Crippen LogP contribution in [0.5, 0.6) is 0 Å². The first-order chi connectivity index (χ1) is 19.1. The van der Waals surface area contributed by atoms with E-state index in [4.69, 9.17) is 23.2 Å². The third-order valence-corrected chi connectivity index (χ3v) is 8.93. The molecule has 0 saturated carbocycles. The summed E-state index contributed by atoms with van der Waals surface area (Å²) in [5.74, 6) is -0.839. The fourth-order valence-corrected chi connectivity index (χ4v) is 6.30. The fraction of sp³-hybridized carbons (Fsp3) is 0.333. The molecule has 1 N–H and O–H groups in total. The van der Waals surface area contributed by atoms with Gasteiger partial charge in [0.25, 0.3) is 10.0 Å². The minimum atomic E-state index is -4.12. The van der Waals surface area contributed by atoms with Crippen LogP contribution < -0.4 is 9.62 Å². The number of carbonyl (C=O) groups is 2. The van der Waals surface area contributed by atoms with Crippen LogP contribution in [0.2, 0.25) is 10.0 Å². The minimum Gasteiger partial charge on any atom is -0.354 e. The number of hydrogen-bond acceptors (Lipinski definition) is 4. The topological polar surface area (TPSA) is 86.8 Å². The molecule has 0 aliphatic rings. The Labute approximate surface area is 247 Å². The van der Waals surface area contributed by atoms with E-state index in [0.29, 0.717) is 39.8 Å². The Kier molecular flexibility index (Phi) is 11.4. The molecule has 0 aromatic heterocycles. The number of anilines is 1. The van der Waals surface area contributed by atoms with Gasteiger partial charge in [-0.2, -0.15) is 0 Å². The SMILES string of the molecule is CCCCNC(=O)C(CC)N(Cc1ccc(Cl)cc1Cl)C(=O)CN(c1ccccc1C)S(=O)(=O)c1ccccc1. The van der Waals surface area contributed by atoms with Crippen LogP contribution in [-0.2, 0) is 26.2 Å². The van der Waals surface area contributed by atoms with Gasteiger partial charge in [-0.05, 0) is 61.2 Å². The van der Waals surface area contributed by atoms with Gasteiger partial charge in [-0.3, -0.25) is 13.9 Å². The van der Waals surface area contributed by atoms with E-state index in [1.54, 1.807) is 67.6 Å². The van der Waals surface area contributed by atoms with E-state index in [9.17, 15) is 18.0 Å². The normalized spacial score (nSPS) is 12.0. The predicted molar refractivity (Wildman–Crippen MR) is 161 cm³/mol. The predicted octanol–water partition coefficient (Wildman–Crippen LogP) is 6.22. The van der Waals surface area contributed by atoms with Crippen LogP contribution >= 0.6 is 23.2 Å². The third kappa shape index (κ3) is 7.77. The van der Waals surface area contributed by atoms with Gasteiger partial charge < -0.3 is 10.2 Å². The van der Waals surface area contributed by atoms with E-state index in [1.165, 1.54) is 17.0 Å². The first-order valence-electron chi connectivity index (χ1n) is 13.2. The number of halogens is 2. The molecule has 7 nitrogen and oxygen atoms in total. The number of aryl methyl sites for hydroxylation is 1. The summed E-state index contributed by atoms with van der Waals surface area (Å²) < 4.78 is 28.9. The monoisotopic (exact) mass is 603 g/mol. The molecule has 0 spiro atoms. The number of unbranched alkanes of at least 4 members (excludes halogenated alkanes) is 1. The highest BCUT2D eigenvalue weighted by Gasteiger charge is 2.34. The largest absolute Gasteiger partial charge is 0.354 e. The molecule has 1 unspecified atom stereocenters. The lowest BCUT2D eigenvalue weighted by Gasteiger charge is -2.33. The van der Waals surface area contributed by atoms with Crippen molar-refractivity contribution in [3.8, 4) is 0 Å². The molecule has 0 aliphatic carbocycles. The van der Waals surface area contributed by atoms with Gasteiger partial charge in [0.15, 0.2) is 0 Å². The molecule has 3 rings (SSSR count). The van der Waals surface area contributed by atoms with Crippen molar-refractivity contribution in [2.24, 2.45) is 0 Å². The Hall–Kier alpha value is -3.07. The Balaban J connectivity index is 2.06. The van der Waals surface area contributed by atoms with Crippen molar-refractivity contribution < 1.29 is 18.0 Å². The number of rotatable bonds is 13. The quantitative estimate of drug-likeness (QED) is 0.235. The molecule has 2 amide bonds. The zero-order chi connectivity index (χ0) is 29.3. The molecule has 0 aliphatic heterocycles. The fourth-order valence-electron chi connectivity index (χ4n) is 4.34. The summed E-state index contributed by atoms with van der Waals surface area (Å²) >= 11 is 12.5. The van der Waals surface area contributed by atoms with E-state index in [-0.39, 0.29) is 17.3 Å². The third-order valence-electron chi connectivity index (χ3n) is 6.57. The van der Waals surface area contributed by atoms with Crippen LogP contribution in [0.3, 0.4) is 0 Å². The van der Waals surface area contributed by atoms with Crippen molar-refractivity contribution in [1.29, 1.82) is 0 Å². The molecule has 0 saturated heterocycles. The standard InChI is InChI=1S/C30H35Cl2N3O4S/c1-4-6-18-33-30(37)27(5-2)34(20-23-16-17-24(31)19-26(23)32)29(36)21-35(28-15-11-10-12-22(28)3)40(38,39)25-13-8-7-9-14-25/h7-17,19,27H,4-6,18,20-21H2,1-3H3,(H,33,37). The van der Waals surface area contributed by atoms with E-state index >= 15 is 0 Å². The van der Waals surface area contributed by atoms with Gasteiger partial charge in [-0.15, -0.1) is 0 Å². The molecule has 3 aromatic carbocycles. The minimum absolute atomic E-state index is 0.00152. The zero-order valence-electron chi connectivity index (χ0n) is 22.9. The number of hydrogen-bond donors (Lipinski definition) is 1. The zero-order valence-corrected chi connectivity index (χ0v) is 25.3. The highest BCUT2D eigenvalue weighted by molar-refractivity contribution is 7.92. The second-order valence-electron chi connectivity index (χ2n) is 9.44. The van der Waals surface area contributed by atoms with Crippen LogP contribution in [-0.4, -0.2) is 44.3 Å². The number of benzene rings is 3. The van der Waals surface area contributed by atoms with Gasteiger partial charge >= 0.3 is 0 Å². The average molecular weight is 605 g/mol. The molecule has 3 aromatic rings. The number of carbonyl (C=O) groups excluding carboxylic acids is 2. The Morgan fingerprint density at radius 2 is 1.62 bits per heavy atom. The van der Waals surface area contributed by atoms with Crippen molar-refractivity contribution in [1.82, 2.24) is 10.2 Å². The Morgan fingerprint density at radius 3 is 2.25 bits per heavy atom. The van der Waals surface area contributed by atoms with Gasteiger partial charge in [-0.25, -0.2) is 8.42 Å². The number of amides is 2. The lowest BCUT2D eigenvalue weighted by atomic mass is 10.1. The molecule has 0 fully saturated rings. The maximum absolute atomic E-state index is 14.1. The van der Waals surface area contributed by atoms with Crippen molar-refractivity contribution in [2.45, 2.75) is 57.5 Å². The lowest BCUT2D eigenvalue weighted by Crippen LogP contribution is -2.52. The molecule has 214 valence electrons. The van der Waals surface area contributed by atoms with Crippen molar-refractivity contribution >= 4 is 50.7 Å². The molecular formula is C30H35Cl2N3O4S. The van der Waals surface area contributed by atoms with E-state index < -0.39 is 28.5 Å². The maximum atomic E-state index is 14.1. The summed E-state index contributed by atoms with van der Waals surface area (Å²) in [4.78, 5) is 28.8. The Morgan fingerprint density at radius 1 is 0.950 bits per heavy atom. The van der Waals surface area contributed by atoms with Crippen molar-refractivity contribution in [3.05, 3.63) is 94.0 Å². The molecule has 0 bridgehead atoms. The van der Waals surface area contributed by atoms with Gasteiger partial charge in [0.05, 0.1) is 10.6 Å². The molecule has 0 heterocycles. The Bertz CT molecular complexity index is 1420. The highest BCUT2D eigenvalue weighted by Crippen LogP contribution is 2.28. The van der Waals surface area contributed by atoms with Crippen molar-refractivity contribution in [2.75, 3.05) is 17.4 Å². The van der Waals surface area contributed by atoms with E-state index in [2.05, 4.69) is 5.32 Å². The second-order valence-corrected chi connectivity index (χ2v) is 12.1. The van der Waals surface area contributed by atoms with E-state index in [1.807, 2.05) is 13.8 Å². The van der Waals surface area contributed by atoms with Gasteiger partial charge in [-0.1, -0.05) is 85.9 Å². The van der Waals surface area contributed by atoms with Crippen LogP contribution in [0.25, 0.3) is 0 Å². The molecule has 1 atom stereocenters. The maximum Gasteiger partial charge on any atom is 0.264 e. The van der Waals surface area contributed by atoms with Gasteiger partial charge in [0.1, 0.15) is 12.6 Å². The highest BCUT2D eigenvalue weighted by atomic mass is 35.5. The lowest BCUT2D eigenvalue weighted by molar-refractivity contribution is -0.140. The van der Waals surface area contributed by atoms with Gasteiger partial charge in [0, 0.05) is 23.1 Å². The van der Waals surface area contributed by atoms with Crippen LogP contribution in [0.15, 0.2) is 77.7 Å². The summed E-state index contributed by atoms with van der Waals surface area (Å²) in [6.45, 7) is 5.60. The smallest absolute Gasteiger partial charge is 0.264 e. The number of nitrogens with one attached hydrogen (secondary N) is 1. The summed E-state index contributed by atoms with van der Waals surface area (Å²) in [5, 5.41) is 3.70. The number of nitrogens with zero attached hydrogens (tertiary/aromatic N) is 2. The number of para-hydroxylation sites is 1. The summed E-state index contributed by atoms with van der Waals surface area (Å²) in [7, 11) is -4.12. The first-order valence-corrected chi connectivity index (χ1v) is 15.4. The van der Waals surface area contributed by atoms with Crippen molar-refractivity contribution in [3.63, 3.8) is 0 Å². The van der Waals surface area contributed by atoms with Crippen LogP contribution in [0, 0.1) is 6.92 Å².